The van der Waals surface area contributed by atoms with Crippen molar-refractivity contribution in [2.45, 2.75) is 10.9 Å². The van der Waals surface area contributed by atoms with Crippen LogP contribution < -0.4 is 5.73 Å². The van der Waals surface area contributed by atoms with Gasteiger partial charge in [0.25, 0.3) is 0 Å². The van der Waals surface area contributed by atoms with Gasteiger partial charge in [-0.15, -0.1) is 11.8 Å². The van der Waals surface area contributed by atoms with Crippen LogP contribution in [-0.2, 0) is 0 Å². The van der Waals surface area contributed by atoms with Gasteiger partial charge in [-0.05, 0) is 40.3 Å². The maximum atomic E-state index is 6.58. The average molecular weight is 358 g/mol. The highest BCUT2D eigenvalue weighted by atomic mass is 79.9. The monoisotopic (exact) mass is 357 g/mol. The summed E-state index contributed by atoms with van der Waals surface area (Å²) in [5.41, 5.74) is 8.92. The summed E-state index contributed by atoms with van der Waals surface area (Å²) in [6, 6.07) is 20.8. The van der Waals surface area contributed by atoms with E-state index in [1.165, 1.54) is 21.2 Å². The maximum Gasteiger partial charge on any atom is 0.0568 e. The first-order valence-electron chi connectivity index (χ1n) is 6.78. The molecule has 0 aromatic heterocycles. The molecule has 0 bridgehead atoms. The lowest BCUT2D eigenvalue weighted by Crippen LogP contribution is -2.13. The SMILES string of the molecule is CSc1ccccc1C(N)c1ccc(Br)c2ccccc12. The molecule has 0 aliphatic carbocycles. The van der Waals surface area contributed by atoms with Crippen molar-refractivity contribution in [2.24, 2.45) is 5.73 Å². The Bertz CT molecular complexity index is 785. The van der Waals surface area contributed by atoms with Crippen molar-refractivity contribution in [1.82, 2.24) is 0 Å². The molecule has 2 N–H and O–H groups in total. The third-order valence-corrected chi connectivity index (χ3v) is 5.22. The van der Waals surface area contributed by atoms with Gasteiger partial charge < -0.3 is 5.73 Å². The summed E-state index contributed by atoms with van der Waals surface area (Å²) in [7, 11) is 0. The predicted octanol–water partition coefficient (Wildman–Crippen LogP) is 5.37. The number of nitrogens with two attached hydrogens (primary N) is 1. The fraction of sp³-hybridized carbons (Fsp3) is 0.111. The highest BCUT2D eigenvalue weighted by Gasteiger charge is 2.15. The summed E-state index contributed by atoms with van der Waals surface area (Å²) >= 11 is 5.36. The summed E-state index contributed by atoms with van der Waals surface area (Å²) < 4.78 is 1.10. The number of hydrogen-bond donors (Lipinski definition) is 1. The molecule has 0 aliphatic heterocycles. The van der Waals surface area contributed by atoms with E-state index >= 15 is 0 Å². The first-order chi connectivity index (χ1) is 10.2. The second-order valence-corrected chi connectivity index (χ2v) is 6.60. The lowest BCUT2D eigenvalue weighted by molar-refractivity contribution is 0.856. The third kappa shape index (κ3) is 2.73. The summed E-state index contributed by atoms with van der Waals surface area (Å²) in [4.78, 5) is 1.23. The van der Waals surface area contributed by atoms with E-state index in [0.29, 0.717) is 0 Å². The maximum absolute atomic E-state index is 6.58. The number of benzene rings is 3. The minimum Gasteiger partial charge on any atom is -0.320 e. The molecule has 3 rings (SSSR count). The highest BCUT2D eigenvalue weighted by Crippen LogP contribution is 2.34. The molecule has 0 radical (unpaired) electrons. The molecule has 106 valence electrons. The molecule has 1 atom stereocenters. The molecular weight excluding hydrogens is 342 g/mol. The Morgan fingerprint density at radius 2 is 1.52 bits per heavy atom. The second kappa shape index (κ2) is 6.22. The zero-order valence-electron chi connectivity index (χ0n) is 11.7. The van der Waals surface area contributed by atoms with Crippen LogP contribution in [0.3, 0.4) is 0 Å². The van der Waals surface area contributed by atoms with E-state index in [4.69, 9.17) is 5.73 Å². The van der Waals surface area contributed by atoms with Crippen molar-refractivity contribution in [3.63, 3.8) is 0 Å². The smallest absolute Gasteiger partial charge is 0.0568 e. The second-order valence-electron chi connectivity index (χ2n) is 4.90. The van der Waals surface area contributed by atoms with Gasteiger partial charge in [0.1, 0.15) is 0 Å². The van der Waals surface area contributed by atoms with Crippen molar-refractivity contribution in [3.05, 3.63) is 76.3 Å². The lowest BCUT2D eigenvalue weighted by atomic mass is 9.94. The molecule has 0 heterocycles. The van der Waals surface area contributed by atoms with Gasteiger partial charge in [0.15, 0.2) is 0 Å². The molecule has 3 aromatic carbocycles. The highest BCUT2D eigenvalue weighted by molar-refractivity contribution is 9.10. The summed E-state index contributed by atoms with van der Waals surface area (Å²) in [5, 5.41) is 2.40. The largest absolute Gasteiger partial charge is 0.320 e. The number of thioether (sulfide) groups is 1. The fourth-order valence-electron chi connectivity index (χ4n) is 2.65. The predicted molar refractivity (Wildman–Crippen MR) is 95.9 cm³/mol. The van der Waals surface area contributed by atoms with E-state index in [1.54, 1.807) is 11.8 Å². The molecule has 0 aliphatic rings. The Morgan fingerprint density at radius 3 is 2.29 bits per heavy atom. The van der Waals surface area contributed by atoms with E-state index < -0.39 is 0 Å². The molecule has 1 nitrogen and oxygen atoms in total. The minimum absolute atomic E-state index is 0.119. The normalized spacial score (nSPS) is 12.5. The van der Waals surface area contributed by atoms with Crippen molar-refractivity contribution in [1.29, 1.82) is 0 Å². The Balaban J connectivity index is 2.18. The number of hydrogen-bond acceptors (Lipinski definition) is 2. The van der Waals surface area contributed by atoms with Crippen LogP contribution in [0.1, 0.15) is 17.2 Å². The Morgan fingerprint density at radius 1 is 0.857 bits per heavy atom. The summed E-state index contributed by atoms with van der Waals surface area (Å²) in [6.07, 6.45) is 2.09. The van der Waals surface area contributed by atoms with Gasteiger partial charge in [0.2, 0.25) is 0 Å². The Labute approximate surface area is 137 Å². The molecule has 0 amide bonds. The van der Waals surface area contributed by atoms with Crippen LogP contribution in [0.4, 0.5) is 0 Å². The lowest BCUT2D eigenvalue weighted by Gasteiger charge is -2.18. The standard InChI is InChI=1S/C18H16BrNS/c1-21-17-9-5-4-8-15(17)18(20)14-10-11-16(19)13-7-3-2-6-12(13)14/h2-11,18H,20H2,1H3. The number of rotatable bonds is 3. The van der Waals surface area contributed by atoms with E-state index in [9.17, 15) is 0 Å². The molecule has 3 aromatic rings. The molecule has 3 heteroatoms. The zero-order chi connectivity index (χ0) is 14.8. The van der Waals surface area contributed by atoms with Crippen LogP contribution in [0.2, 0.25) is 0 Å². The van der Waals surface area contributed by atoms with Crippen LogP contribution in [0.25, 0.3) is 10.8 Å². The van der Waals surface area contributed by atoms with Crippen molar-refractivity contribution >= 4 is 38.5 Å². The van der Waals surface area contributed by atoms with Crippen LogP contribution in [-0.4, -0.2) is 6.26 Å². The first kappa shape index (κ1) is 14.6. The number of halogens is 1. The van der Waals surface area contributed by atoms with Crippen LogP contribution in [0, 0.1) is 0 Å². The molecule has 0 spiro atoms. The first-order valence-corrected chi connectivity index (χ1v) is 8.80. The Hall–Kier alpha value is -1.29. The van der Waals surface area contributed by atoms with Crippen LogP contribution in [0.15, 0.2) is 70.0 Å². The number of fused-ring (bicyclic) bond motifs is 1. The van der Waals surface area contributed by atoms with Gasteiger partial charge in [0, 0.05) is 9.37 Å². The van der Waals surface area contributed by atoms with Crippen molar-refractivity contribution < 1.29 is 0 Å². The molecule has 0 fully saturated rings. The molecular formula is C18H16BrNS. The van der Waals surface area contributed by atoms with E-state index in [1.807, 2.05) is 0 Å². The average Bonchev–Trinajstić information content (AvgIpc) is 2.55. The van der Waals surface area contributed by atoms with Crippen LogP contribution in [0.5, 0.6) is 0 Å². The topological polar surface area (TPSA) is 26.0 Å². The Kier molecular flexibility index (Phi) is 4.34. The summed E-state index contributed by atoms with van der Waals surface area (Å²) in [5.74, 6) is 0. The molecule has 1 unspecified atom stereocenters. The van der Waals surface area contributed by atoms with Gasteiger partial charge in [-0.1, -0.05) is 64.5 Å². The van der Waals surface area contributed by atoms with Gasteiger partial charge in [0.05, 0.1) is 6.04 Å². The van der Waals surface area contributed by atoms with Gasteiger partial charge in [-0.2, -0.15) is 0 Å². The molecule has 0 saturated heterocycles. The van der Waals surface area contributed by atoms with Crippen molar-refractivity contribution in [2.75, 3.05) is 6.26 Å². The van der Waals surface area contributed by atoms with Crippen LogP contribution >= 0.6 is 27.7 Å². The van der Waals surface area contributed by atoms with E-state index in [-0.39, 0.29) is 6.04 Å². The van der Waals surface area contributed by atoms with Gasteiger partial charge in [-0.25, -0.2) is 0 Å². The molecule has 21 heavy (non-hydrogen) atoms. The summed E-state index contributed by atoms with van der Waals surface area (Å²) in [6.45, 7) is 0. The quantitative estimate of drug-likeness (QED) is 0.637. The fourth-order valence-corrected chi connectivity index (χ4v) is 3.77. The van der Waals surface area contributed by atoms with E-state index in [0.717, 1.165) is 10.0 Å². The minimum atomic E-state index is -0.119. The van der Waals surface area contributed by atoms with Crippen molar-refractivity contribution in [3.8, 4) is 0 Å². The van der Waals surface area contributed by atoms with Gasteiger partial charge in [-0.3, -0.25) is 0 Å². The zero-order valence-corrected chi connectivity index (χ0v) is 14.1. The third-order valence-electron chi connectivity index (χ3n) is 3.71. The van der Waals surface area contributed by atoms with Gasteiger partial charge >= 0.3 is 0 Å². The van der Waals surface area contributed by atoms with E-state index in [2.05, 4.69) is 82.8 Å². The molecule has 0 saturated carbocycles.